The Hall–Kier alpha value is -2.17. The van der Waals surface area contributed by atoms with E-state index >= 15 is 0 Å². The number of carbonyl (C=O) groups is 2. The van der Waals surface area contributed by atoms with E-state index in [2.05, 4.69) is 0 Å². The number of amides is 1. The number of methoxy groups -OCH3 is 1. The third kappa shape index (κ3) is 3.46. The molecular weight excluding hydrogens is 352 g/mol. The SMILES string of the molecule is CCN(C(C(=O)O)(C(=O)NO)C(C)C)S(=O)(=O)c1ccc(OC)cc1. The zero-order valence-corrected chi connectivity index (χ0v) is 15.2. The number of rotatable bonds is 8. The lowest BCUT2D eigenvalue weighted by Gasteiger charge is -2.39. The first-order valence-corrected chi connectivity index (χ1v) is 8.89. The van der Waals surface area contributed by atoms with Crippen molar-refractivity contribution in [3.63, 3.8) is 0 Å². The average Bonchev–Trinajstić information content (AvgIpc) is 2.57. The van der Waals surface area contributed by atoms with Gasteiger partial charge < -0.3 is 9.84 Å². The van der Waals surface area contributed by atoms with Gasteiger partial charge in [-0.3, -0.25) is 10.0 Å². The molecule has 10 heteroatoms. The minimum Gasteiger partial charge on any atom is -0.497 e. The molecule has 0 aromatic heterocycles. The van der Waals surface area contributed by atoms with Gasteiger partial charge in [0.05, 0.1) is 12.0 Å². The molecule has 0 radical (unpaired) electrons. The number of aliphatic carboxylic acids is 1. The number of nitrogens with one attached hydrogen (secondary N) is 1. The maximum atomic E-state index is 13.0. The molecule has 0 saturated heterocycles. The second-order valence-corrected chi connectivity index (χ2v) is 7.37. The molecule has 3 N–H and O–H groups in total. The Balaban J connectivity index is 3.63. The molecule has 1 aromatic carbocycles. The summed E-state index contributed by atoms with van der Waals surface area (Å²) in [6.45, 7) is 3.88. The Morgan fingerprint density at radius 2 is 1.80 bits per heavy atom. The zero-order valence-electron chi connectivity index (χ0n) is 14.4. The van der Waals surface area contributed by atoms with Gasteiger partial charge in [-0.25, -0.2) is 18.7 Å². The van der Waals surface area contributed by atoms with Crippen molar-refractivity contribution in [2.75, 3.05) is 13.7 Å². The topological polar surface area (TPSA) is 133 Å². The van der Waals surface area contributed by atoms with Crippen LogP contribution < -0.4 is 10.2 Å². The molecule has 25 heavy (non-hydrogen) atoms. The molecule has 1 atom stereocenters. The summed E-state index contributed by atoms with van der Waals surface area (Å²) >= 11 is 0. The molecule has 0 aliphatic heterocycles. The monoisotopic (exact) mass is 374 g/mol. The van der Waals surface area contributed by atoms with Crippen LogP contribution in [0.4, 0.5) is 0 Å². The molecule has 140 valence electrons. The second-order valence-electron chi connectivity index (χ2n) is 5.51. The Labute approximate surface area is 146 Å². The number of nitrogens with zero attached hydrogens (tertiary/aromatic N) is 1. The third-order valence-corrected chi connectivity index (χ3v) is 5.93. The van der Waals surface area contributed by atoms with Crippen molar-refractivity contribution in [2.24, 2.45) is 5.92 Å². The Kier molecular flexibility index (Phi) is 6.52. The molecule has 1 unspecified atom stereocenters. The fourth-order valence-electron chi connectivity index (χ4n) is 2.68. The highest BCUT2D eigenvalue weighted by atomic mass is 32.2. The number of ether oxygens (including phenoxy) is 1. The summed E-state index contributed by atoms with van der Waals surface area (Å²) in [4.78, 5) is 24.0. The summed E-state index contributed by atoms with van der Waals surface area (Å²) in [7, 11) is -2.94. The van der Waals surface area contributed by atoms with Gasteiger partial charge in [0.2, 0.25) is 15.6 Å². The van der Waals surface area contributed by atoms with E-state index in [0.717, 1.165) is 0 Å². The summed E-state index contributed by atoms with van der Waals surface area (Å²) in [5.41, 5.74) is -1.23. The predicted octanol–water partition coefficient (Wildman–Crippen LogP) is 0.691. The van der Waals surface area contributed by atoms with Crippen molar-refractivity contribution in [2.45, 2.75) is 31.2 Å². The van der Waals surface area contributed by atoms with E-state index in [1.54, 1.807) is 0 Å². The normalized spacial score (nSPS) is 14.2. The van der Waals surface area contributed by atoms with Gasteiger partial charge in [0.25, 0.3) is 5.91 Å². The van der Waals surface area contributed by atoms with E-state index in [9.17, 15) is 23.1 Å². The minimum absolute atomic E-state index is 0.202. The lowest BCUT2D eigenvalue weighted by atomic mass is 9.85. The van der Waals surface area contributed by atoms with Crippen LogP contribution in [0, 0.1) is 5.92 Å². The van der Waals surface area contributed by atoms with Crippen molar-refractivity contribution in [3.05, 3.63) is 24.3 Å². The van der Waals surface area contributed by atoms with Crippen molar-refractivity contribution in [1.29, 1.82) is 0 Å². The van der Waals surface area contributed by atoms with Crippen LogP contribution in [0.3, 0.4) is 0 Å². The molecule has 0 saturated carbocycles. The first-order chi connectivity index (χ1) is 11.6. The molecule has 0 heterocycles. The minimum atomic E-state index is -4.35. The van der Waals surface area contributed by atoms with Gasteiger partial charge >= 0.3 is 5.97 Å². The van der Waals surface area contributed by atoms with Crippen LogP contribution in [0.15, 0.2) is 29.2 Å². The van der Waals surface area contributed by atoms with Gasteiger partial charge in [0.1, 0.15) is 5.75 Å². The van der Waals surface area contributed by atoms with Crippen molar-refractivity contribution in [3.8, 4) is 5.75 Å². The first kappa shape index (κ1) is 20.9. The van der Waals surface area contributed by atoms with Crippen LogP contribution in [0.5, 0.6) is 5.75 Å². The zero-order chi connectivity index (χ0) is 19.4. The summed E-state index contributed by atoms with van der Waals surface area (Å²) in [5.74, 6) is -3.57. The fourth-order valence-corrected chi connectivity index (χ4v) is 4.51. The Bertz CT molecular complexity index is 731. The highest BCUT2D eigenvalue weighted by molar-refractivity contribution is 7.89. The molecule has 0 aliphatic rings. The quantitative estimate of drug-likeness (QED) is 0.346. The molecule has 9 nitrogen and oxygen atoms in total. The summed E-state index contributed by atoms with van der Waals surface area (Å²) in [6, 6.07) is 5.32. The van der Waals surface area contributed by atoms with Crippen LogP contribution >= 0.6 is 0 Å². The number of carbonyl (C=O) groups excluding carboxylic acids is 1. The van der Waals surface area contributed by atoms with Gasteiger partial charge in [-0.05, 0) is 30.2 Å². The number of carboxylic acids is 1. The standard InChI is InChI=1S/C15H22N2O7S/c1-5-17(15(10(2)3,14(19)20)13(18)16-21)25(22,23)12-8-6-11(24-4)7-9-12/h6-10,21H,5H2,1-4H3,(H,16,18)(H,19,20). The molecule has 1 aromatic rings. The lowest BCUT2D eigenvalue weighted by molar-refractivity contribution is -0.162. The van der Waals surface area contributed by atoms with Gasteiger partial charge in [0, 0.05) is 6.54 Å². The van der Waals surface area contributed by atoms with Gasteiger partial charge in [-0.1, -0.05) is 20.8 Å². The van der Waals surface area contributed by atoms with E-state index < -0.39 is 33.4 Å². The maximum absolute atomic E-state index is 13.0. The molecule has 0 aliphatic carbocycles. The number of hydroxylamine groups is 1. The summed E-state index contributed by atoms with van der Waals surface area (Å²) < 4.78 is 31.5. The predicted molar refractivity (Wildman–Crippen MR) is 87.7 cm³/mol. The molecule has 0 bridgehead atoms. The molecule has 0 spiro atoms. The highest BCUT2D eigenvalue weighted by Crippen LogP contribution is 2.32. The van der Waals surface area contributed by atoms with Crippen molar-refractivity contribution in [1.82, 2.24) is 9.79 Å². The number of benzene rings is 1. The molecular formula is C15H22N2O7S. The Morgan fingerprint density at radius 1 is 1.28 bits per heavy atom. The molecule has 1 rings (SSSR count). The highest BCUT2D eigenvalue weighted by Gasteiger charge is 2.58. The fraction of sp³-hybridized carbons (Fsp3) is 0.467. The second kappa shape index (κ2) is 7.81. The smallest absolute Gasteiger partial charge is 0.335 e. The van der Waals surface area contributed by atoms with Crippen LogP contribution in [-0.2, 0) is 19.6 Å². The largest absolute Gasteiger partial charge is 0.497 e. The maximum Gasteiger partial charge on any atom is 0.335 e. The first-order valence-electron chi connectivity index (χ1n) is 7.45. The van der Waals surface area contributed by atoms with Crippen LogP contribution in [0.2, 0.25) is 0 Å². The van der Waals surface area contributed by atoms with Crippen LogP contribution in [0.25, 0.3) is 0 Å². The number of sulfonamides is 1. The summed E-state index contributed by atoms with van der Waals surface area (Å²) in [6.07, 6.45) is 0. The van der Waals surface area contributed by atoms with Gasteiger partial charge in [0.15, 0.2) is 0 Å². The van der Waals surface area contributed by atoms with E-state index in [1.165, 1.54) is 57.6 Å². The average molecular weight is 374 g/mol. The number of carboxylic acid groups (broad SMARTS) is 1. The van der Waals surface area contributed by atoms with E-state index in [4.69, 9.17) is 9.94 Å². The van der Waals surface area contributed by atoms with E-state index in [0.29, 0.717) is 10.1 Å². The van der Waals surface area contributed by atoms with E-state index in [1.807, 2.05) is 0 Å². The molecule has 1 amide bonds. The van der Waals surface area contributed by atoms with Gasteiger partial charge in [-0.2, -0.15) is 4.31 Å². The number of hydrogen-bond acceptors (Lipinski definition) is 6. The number of hydrogen-bond donors (Lipinski definition) is 3. The van der Waals surface area contributed by atoms with Crippen LogP contribution in [-0.4, -0.2) is 54.1 Å². The van der Waals surface area contributed by atoms with Crippen molar-refractivity contribution >= 4 is 21.9 Å². The lowest BCUT2D eigenvalue weighted by Crippen LogP contribution is -2.67. The number of likely N-dealkylation sites (N-methyl/N-ethyl adjacent to an activating group) is 1. The Morgan fingerprint density at radius 3 is 2.12 bits per heavy atom. The molecule has 0 fully saturated rings. The van der Waals surface area contributed by atoms with Crippen molar-refractivity contribution < 1.29 is 33.1 Å². The van der Waals surface area contributed by atoms with Gasteiger partial charge in [-0.15, -0.1) is 0 Å². The van der Waals surface area contributed by atoms with E-state index in [-0.39, 0.29) is 11.4 Å². The summed E-state index contributed by atoms with van der Waals surface area (Å²) in [5, 5.41) is 18.7. The third-order valence-electron chi connectivity index (χ3n) is 3.94. The van der Waals surface area contributed by atoms with Crippen LogP contribution in [0.1, 0.15) is 20.8 Å².